The molecule has 0 bridgehead atoms. The molecule has 0 aliphatic heterocycles. The van der Waals surface area contributed by atoms with Crippen LogP contribution in [0.3, 0.4) is 0 Å². The Bertz CT molecular complexity index is 6.00. The van der Waals surface area contributed by atoms with E-state index in [9.17, 15) is 0 Å². The van der Waals surface area contributed by atoms with E-state index in [1.54, 1.807) is 0 Å². The molecule has 4 N–H and O–H groups in total. The second kappa shape index (κ2) is 18.9. The molecule has 28 valence electrons. The summed E-state index contributed by atoms with van der Waals surface area (Å²) < 4.78 is 0. The molecule has 0 aliphatic rings. The molecule has 0 fully saturated rings. The predicted octanol–water partition coefficient (Wildman–Crippen LogP) is -1.95. The van der Waals surface area contributed by atoms with Gasteiger partial charge in [-0.25, -0.2) is 0 Å². The van der Waals surface area contributed by atoms with Gasteiger partial charge >= 0.3 is 48.9 Å². The fraction of sp³-hybridized carbons (Fsp3) is 0. The molecule has 0 atom stereocenters. The van der Waals surface area contributed by atoms with E-state index in [-0.39, 0.29) is 83.8 Å². The molecular formula is H7BaIO2. The van der Waals surface area contributed by atoms with E-state index in [2.05, 4.69) is 0 Å². The second-order valence-corrected chi connectivity index (χ2v) is 0. The standard InChI is InChI=1S/Ba.HI.2H2O.2H/h;1H;2*1H2;;. The van der Waals surface area contributed by atoms with Crippen LogP contribution in [0.4, 0.5) is 0 Å². The molecule has 0 radical (unpaired) electrons. The predicted molar refractivity (Wildman–Crippen MR) is 31.2 cm³/mol. The van der Waals surface area contributed by atoms with Crippen LogP contribution in [-0.4, -0.2) is 59.8 Å². The topological polar surface area (TPSA) is 63.0 Å². The first-order valence-corrected chi connectivity index (χ1v) is 0. The Morgan fingerprint density at radius 3 is 0.750 bits per heavy atom. The number of hydrogen-bond donors (Lipinski definition) is 0. The summed E-state index contributed by atoms with van der Waals surface area (Å²) in [6, 6.07) is 0. The van der Waals surface area contributed by atoms with Crippen molar-refractivity contribution >= 4 is 72.9 Å². The molecule has 2 nitrogen and oxygen atoms in total. The first-order valence-electron chi connectivity index (χ1n) is 0. The summed E-state index contributed by atoms with van der Waals surface area (Å²) in [7, 11) is 0. The van der Waals surface area contributed by atoms with E-state index in [0.29, 0.717) is 0 Å². The van der Waals surface area contributed by atoms with Crippen molar-refractivity contribution in [3.05, 3.63) is 0 Å². The van der Waals surface area contributed by atoms with Gasteiger partial charge < -0.3 is 11.0 Å². The third kappa shape index (κ3) is 8.88. The van der Waals surface area contributed by atoms with Gasteiger partial charge in [-0.2, -0.15) is 0 Å². The van der Waals surface area contributed by atoms with Gasteiger partial charge in [0.25, 0.3) is 0 Å². The van der Waals surface area contributed by atoms with Crippen molar-refractivity contribution in [1.29, 1.82) is 0 Å². The summed E-state index contributed by atoms with van der Waals surface area (Å²) in [5.41, 5.74) is 0. The van der Waals surface area contributed by atoms with E-state index in [0.717, 1.165) is 0 Å². The minimum absolute atomic E-state index is 0. The van der Waals surface area contributed by atoms with Crippen LogP contribution in [-0.2, 0) is 0 Å². The van der Waals surface area contributed by atoms with Crippen molar-refractivity contribution in [2.24, 2.45) is 0 Å². The van der Waals surface area contributed by atoms with Gasteiger partial charge in [0, 0.05) is 0 Å². The first-order chi connectivity index (χ1) is 0. The normalized spacial score (nSPS) is 0. The minimum atomic E-state index is 0. The third-order valence-corrected chi connectivity index (χ3v) is 0. The van der Waals surface area contributed by atoms with Crippen LogP contribution < -0.4 is 0 Å². The Balaban J connectivity index is 0. The maximum atomic E-state index is 0. The SMILES string of the molecule is I.O.O.[BaH2]. The van der Waals surface area contributed by atoms with Crippen LogP contribution in [0, 0.1) is 0 Å². The van der Waals surface area contributed by atoms with Gasteiger partial charge in [0.15, 0.2) is 0 Å². The van der Waals surface area contributed by atoms with Gasteiger partial charge in [-0.05, 0) is 0 Å². The Morgan fingerprint density at radius 2 is 0.750 bits per heavy atom. The molecule has 0 heterocycles. The Kier molecular flexibility index (Phi) is 162. The summed E-state index contributed by atoms with van der Waals surface area (Å²) >= 11 is 0. The van der Waals surface area contributed by atoms with E-state index < -0.39 is 0 Å². The summed E-state index contributed by atoms with van der Waals surface area (Å²) in [6.45, 7) is 0. The summed E-state index contributed by atoms with van der Waals surface area (Å²) in [5.74, 6) is 0. The zero-order chi connectivity index (χ0) is 0. The van der Waals surface area contributed by atoms with Crippen molar-refractivity contribution in [3.63, 3.8) is 0 Å². The van der Waals surface area contributed by atoms with Gasteiger partial charge in [-0.15, -0.1) is 24.0 Å². The molecule has 0 saturated carbocycles. The van der Waals surface area contributed by atoms with Crippen LogP contribution in [0.5, 0.6) is 0 Å². The Morgan fingerprint density at radius 1 is 0.750 bits per heavy atom. The molecule has 4 heteroatoms. The summed E-state index contributed by atoms with van der Waals surface area (Å²) in [5, 5.41) is 0. The van der Waals surface area contributed by atoms with Crippen LogP contribution in [0.15, 0.2) is 0 Å². The van der Waals surface area contributed by atoms with Gasteiger partial charge in [0.1, 0.15) is 0 Å². The third-order valence-electron chi connectivity index (χ3n) is 0. The quantitative estimate of drug-likeness (QED) is 0.369. The molecule has 0 amide bonds. The number of rotatable bonds is 0. The summed E-state index contributed by atoms with van der Waals surface area (Å²) in [4.78, 5) is 0. The maximum absolute atomic E-state index is 0. The van der Waals surface area contributed by atoms with Crippen molar-refractivity contribution < 1.29 is 11.0 Å². The molecule has 0 saturated heterocycles. The number of halogens is 1. The average molecular weight is 303 g/mol. The fourth-order valence-electron chi connectivity index (χ4n) is 0. The fourth-order valence-corrected chi connectivity index (χ4v) is 0. The van der Waals surface area contributed by atoms with E-state index in [1.165, 1.54) is 0 Å². The van der Waals surface area contributed by atoms with Gasteiger partial charge in [0.2, 0.25) is 0 Å². The van der Waals surface area contributed by atoms with Crippen LogP contribution in [0.2, 0.25) is 0 Å². The van der Waals surface area contributed by atoms with E-state index >= 15 is 0 Å². The molecule has 0 aromatic heterocycles. The van der Waals surface area contributed by atoms with Gasteiger partial charge in [-0.3, -0.25) is 0 Å². The first kappa shape index (κ1) is 34.4. The van der Waals surface area contributed by atoms with Crippen molar-refractivity contribution in [2.45, 2.75) is 0 Å². The van der Waals surface area contributed by atoms with Crippen molar-refractivity contribution in [1.82, 2.24) is 0 Å². The van der Waals surface area contributed by atoms with E-state index in [1.807, 2.05) is 0 Å². The zero-order valence-corrected chi connectivity index (χ0v) is 3.74. The molecule has 4 heavy (non-hydrogen) atoms. The van der Waals surface area contributed by atoms with Crippen LogP contribution in [0.1, 0.15) is 0 Å². The average Bonchev–Trinajstić information content (AvgIpc) is 0. The van der Waals surface area contributed by atoms with Crippen molar-refractivity contribution in [2.75, 3.05) is 0 Å². The molecule has 0 aromatic rings. The molecule has 0 aliphatic carbocycles. The number of hydrogen-bond acceptors (Lipinski definition) is 0. The molecule has 0 unspecified atom stereocenters. The molecule has 0 aromatic carbocycles. The molecule has 0 spiro atoms. The monoisotopic (exact) mass is 304 g/mol. The second-order valence-electron chi connectivity index (χ2n) is 0. The summed E-state index contributed by atoms with van der Waals surface area (Å²) in [6.07, 6.45) is 0. The van der Waals surface area contributed by atoms with Gasteiger partial charge in [-0.1, -0.05) is 0 Å². The molecule has 0 rings (SSSR count). The zero-order valence-electron chi connectivity index (χ0n) is 1.41. The molecular weight excluding hydrogens is 296 g/mol. The van der Waals surface area contributed by atoms with Crippen molar-refractivity contribution in [3.8, 4) is 0 Å². The van der Waals surface area contributed by atoms with Gasteiger partial charge in [0.05, 0.1) is 0 Å². The Hall–Kier alpha value is 2.22. The van der Waals surface area contributed by atoms with Crippen LogP contribution >= 0.6 is 24.0 Å². The van der Waals surface area contributed by atoms with E-state index in [4.69, 9.17) is 0 Å². The Labute approximate surface area is 82.0 Å². The van der Waals surface area contributed by atoms with Crippen LogP contribution in [0.25, 0.3) is 0 Å².